The van der Waals surface area contributed by atoms with Crippen molar-refractivity contribution in [1.82, 2.24) is 0 Å². The van der Waals surface area contributed by atoms with Gasteiger partial charge in [0.2, 0.25) is 0 Å². The van der Waals surface area contributed by atoms with Gasteiger partial charge < -0.3 is 5.11 Å². The molecule has 0 fully saturated rings. The molecule has 1 aromatic rings. The van der Waals surface area contributed by atoms with Crippen molar-refractivity contribution >= 4 is 11.9 Å². The molecule has 2 rings (SSSR count). The fraction of sp³-hybridized carbons (Fsp3) is 0.389. The largest absolute Gasteiger partial charge is 0.419 e. The van der Waals surface area contributed by atoms with Crippen LogP contribution in [-0.4, -0.2) is 16.5 Å². The van der Waals surface area contributed by atoms with Crippen LogP contribution in [0.2, 0.25) is 0 Å². The highest BCUT2D eigenvalue weighted by Gasteiger charge is 2.45. The predicted octanol–water partition coefficient (Wildman–Crippen LogP) is 4.53. The maximum Gasteiger partial charge on any atom is 0.419 e. The Balaban J connectivity index is 2.43. The molecule has 0 spiro atoms. The van der Waals surface area contributed by atoms with E-state index in [1.165, 1.54) is 25.1 Å². The van der Waals surface area contributed by atoms with Gasteiger partial charge in [-0.3, -0.25) is 4.79 Å². The number of carbonyl (C=O) groups excluding carboxylic acids is 1. The minimum atomic E-state index is -4.79. The van der Waals surface area contributed by atoms with Gasteiger partial charge in [-0.15, -0.1) is 0 Å². The third-order valence-corrected chi connectivity index (χ3v) is 4.59. The van der Waals surface area contributed by atoms with Crippen molar-refractivity contribution in [2.75, 3.05) is 0 Å². The van der Waals surface area contributed by atoms with Gasteiger partial charge in [-0.1, -0.05) is 38.1 Å². The smallest absolute Gasteiger partial charge is 0.385 e. The molecular formula is C18H18F4O2. The van der Waals surface area contributed by atoms with Crippen LogP contribution in [0.5, 0.6) is 0 Å². The van der Waals surface area contributed by atoms with Crippen LogP contribution < -0.4 is 0 Å². The molecule has 1 aromatic carbocycles. The Labute approximate surface area is 137 Å². The highest BCUT2D eigenvalue weighted by molar-refractivity contribution is 5.93. The molecule has 0 saturated carbocycles. The lowest BCUT2D eigenvalue weighted by molar-refractivity contribution is -0.140. The number of alkyl halides is 3. The molecule has 1 N–H and O–H groups in total. The summed E-state index contributed by atoms with van der Waals surface area (Å²) in [7, 11) is 0. The van der Waals surface area contributed by atoms with Gasteiger partial charge in [0.1, 0.15) is 5.82 Å². The van der Waals surface area contributed by atoms with E-state index in [9.17, 15) is 27.5 Å². The van der Waals surface area contributed by atoms with Crippen LogP contribution in [0.25, 0.3) is 6.08 Å². The van der Waals surface area contributed by atoms with Gasteiger partial charge in [-0.25, -0.2) is 4.39 Å². The number of carbonyl (C=O) groups is 1. The molecule has 0 unspecified atom stereocenters. The molecule has 0 radical (unpaired) electrons. The summed E-state index contributed by atoms with van der Waals surface area (Å²) in [6.07, 6.45) is -0.971. The molecule has 2 nitrogen and oxygen atoms in total. The Morgan fingerprint density at radius 3 is 2.38 bits per heavy atom. The molecule has 1 aliphatic carbocycles. The number of benzene rings is 1. The monoisotopic (exact) mass is 342 g/mol. The van der Waals surface area contributed by atoms with Gasteiger partial charge in [0.15, 0.2) is 5.78 Å². The number of ketones is 1. The van der Waals surface area contributed by atoms with Crippen LogP contribution in [0.1, 0.15) is 38.3 Å². The minimum Gasteiger partial charge on any atom is -0.385 e. The molecule has 6 heteroatoms. The molecular weight excluding hydrogens is 324 g/mol. The lowest BCUT2D eigenvalue weighted by atomic mass is 9.65. The second-order valence-electron chi connectivity index (χ2n) is 6.74. The van der Waals surface area contributed by atoms with E-state index in [-0.39, 0.29) is 23.3 Å². The first-order valence-electron chi connectivity index (χ1n) is 7.37. The Hall–Kier alpha value is -1.95. The predicted molar refractivity (Wildman–Crippen MR) is 82.5 cm³/mol. The quantitative estimate of drug-likeness (QED) is 0.802. The number of hydrogen-bond donors (Lipinski definition) is 1. The van der Waals surface area contributed by atoms with Crippen LogP contribution in [0, 0.1) is 11.2 Å². The van der Waals surface area contributed by atoms with E-state index in [1.54, 1.807) is 13.8 Å². The van der Waals surface area contributed by atoms with Gasteiger partial charge >= 0.3 is 6.18 Å². The zero-order valence-electron chi connectivity index (χ0n) is 13.5. The Kier molecular flexibility index (Phi) is 4.48. The van der Waals surface area contributed by atoms with Crippen LogP contribution in [0.4, 0.5) is 17.6 Å². The second-order valence-corrected chi connectivity index (χ2v) is 6.74. The van der Waals surface area contributed by atoms with E-state index in [2.05, 4.69) is 0 Å². The van der Waals surface area contributed by atoms with E-state index in [1.807, 2.05) is 0 Å². The molecule has 0 bridgehead atoms. The van der Waals surface area contributed by atoms with E-state index in [0.29, 0.717) is 6.07 Å². The van der Waals surface area contributed by atoms with Gasteiger partial charge in [0.25, 0.3) is 0 Å². The maximum atomic E-state index is 14.0. The average Bonchev–Trinajstić information content (AvgIpc) is 2.41. The van der Waals surface area contributed by atoms with Crippen molar-refractivity contribution < 1.29 is 27.5 Å². The number of rotatable bonds is 2. The normalized spacial score (nSPS) is 24.3. The number of allylic oxidation sites excluding steroid dienone is 1. The number of hydrogen-bond acceptors (Lipinski definition) is 2. The zero-order valence-corrected chi connectivity index (χ0v) is 13.5. The fourth-order valence-electron chi connectivity index (χ4n) is 2.65. The first-order chi connectivity index (χ1) is 10.9. The van der Waals surface area contributed by atoms with Crippen LogP contribution in [-0.2, 0) is 11.0 Å². The summed E-state index contributed by atoms with van der Waals surface area (Å²) in [5.74, 6) is -1.58. The number of halogens is 4. The lowest BCUT2D eigenvalue weighted by Crippen LogP contribution is -2.47. The Morgan fingerprint density at radius 1 is 1.17 bits per heavy atom. The van der Waals surface area contributed by atoms with Crippen LogP contribution in [0.3, 0.4) is 0 Å². The summed E-state index contributed by atoms with van der Waals surface area (Å²) in [6.45, 7) is 4.96. The molecule has 24 heavy (non-hydrogen) atoms. The zero-order chi connectivity index (χ0) is 18.3. The van der Waals surface area contributed by atoms with Crippen molar-refractivity contribution in [3.63, 3.8) is 0 Å². The molecule has 1 aliphatic rings. The lowest BCUT2D eigenvalue weighted by Gasteiger charge is -2.43. The highest BCUT2D eigenvalue weighted by Crippen LogP contribution is 2.43. The first kappa shape index (κ1) is 18.4. The van der Waals surface area contributed by atoms with E-state index >= 15 is 0 Å². The third kappa shape index (κ3) is 3.29. The van der Waals surface area contributed by atoms with Crippen LogP contribution >= 0.6 is 0 Å². The van der Waals surface area contributed by atoms with Crippen molar-refractivity contribution in [2.24, 2.45) is 5.41 Å². The summed E-state index contributed by atoms with van der Waals surface area (Å²) in [5, 5.41) is 10.7. The Bertz CT molecular complexity index is 725. The second kappa shape index (κ2) is 5.84. The Morgan fingerprint density at radius 2 is 1.79 bits per heavy atom. The number of aliphatic hydroxyl groups is 1. The summed E-state index contributed by atoms with van der Waals surface area (Å²) in [5.41, 5.74) is -3.50. The van der Waals surface area contributed by atoms with Gasteiger partial charge in [-0.05, 0) is 24.6 Å². The minimum absolute atomic E-state index is 0.148. The molecule has 130 valence electrons. The van der Waals surface area contributed by atoms with Gasteiger partial charge in [0.05, 0.1) is 11.2 Å². The van der Waals surface area contributed by atoms with Gasteiger partial charge in [-0.2, -0.15) is 13.2 Å². The van der Waals surface area contributed by atoms with Crippen molar-refractivity contribution in [3.8, 4) is 0 Å². The van der Waals surface area contributed by atoms with Crippen LogP contribution in [0.15, 0.2) is 35.9 Å². The third-order valence-electron chi connectivity index (χ3n) is 4.59. The molecule has 0 aliphatic heterocycles. The van der Waals surface area contributed by atoms with E-state index in [0.717, 1.165) is 12.1 Å². The standard InChI is InChI=1S/C18H18F4O2/c1-16(2)10-13(23)9-12(17(16,3)24)8-7-11-5-4-6-14(15(11)19)18(20,21)22/h4-9,24H,10H2,1-3H3/b8-7+/t17-/m1/s1. The summed E-state index contributed by atoms with van der Waals surface area (Å²) in [4.78, 5) is 11.8. The average molecular weight is 342 g/mol. The molecule has 0 heterocycles. The topological polar surface area (TPSA) is 37.3 Å². The van der Waals surface area contributed by atoms with Gasteiger partial charge in [0, 0.05) is 17.4 Å². The molecule has 0 saturated heterocycles. The SMILES string of the molecule is CC1(C)CC(=O)C=C(/C=C/c2cccc(C(F)(F)F)c2F)[C@@]1(C)O. The summed E-state index contributed by atoms with van der Waals surface area (Å²) < 4.78 is 52.2. The van der Waals surface area contributed by atoms with Crippen molar-refractivity contribution in [2.45, 2.75) is 39.0 Å². The molecule has 0 amide bonds. The van der Waals surface area contributed by atoms with Crippen molar-refractivity contribution in [1.29, 1.82) is 0 Å². The van der Waals surface area contributed by atoms with E-state index in [4.69, 9.17) is 0 Å². The summed E-state index contributed by atoms with van der Waals surface area (Å²) in [6, 6.07) is 2.97. The molecule has 1 atom stereocenters. The van der Waals surface area contributed by atoms with E-state index < -0.39 is 28.6 Å². The molecule has 0 aromatic heterocycles. The maximum absolute atomic E-state index is 14.0. The van der Waals surface area contributed by atoms with Crippen molar-refractivity contribution in [3.05, 3.63) is 52.9 Å². The fourth-order valence-corrected chi connectivity index (χ4v) is 2.65. The summed E-state index contributed by atoms with van der Waals surface area (Å²) >= 11 is 0. The highest BCUT2D eigenvalue weighted by atomic mass is 19.4. The first-order valence-corrected chi connectivity index (χ1v) is 7.37.